The van der Waals surface area contributed by atoms with Crippen LogP contribution in [0.1, 0.15) is 24.8 Å². The molecule has 1 aromatic carbocycles. The lowest BCUT2D eigenvalue weighted by molar-refractivity contribution is 0.151. The topological polar surface area (TPSA) is 49.6 Å². The van der Waals surface area contributed by atoms with Gasteiger partial charge in [-0.25, -0.2) is 4.79 Å². The summed E-state index contributed by atoms with van der Waals surface area (Å²) in [5.41, 5.74) is 7.55. The number of nitrogen functional groups attached to an aromatic ring is 1. The molecule has 0 spiro atoms. The largest absolute Gasteiger partial charge is 0.399 e. The number of anilines is 1. The molecule has 1 aliphatic heterocycles. The maximum Gasteiger partial charge on any atom is 0.320 e. The molecule has 1 aliphatic rings. The predicted octanol–water partition coefficient (Wildman–Crippen LogP) is 2.31. The minimum absolute atomic E-state index is 0.122. The zero-order valence-corrected chi connectivity index (χ0v) is 10.9. The number of piperidine rings is 1. The van der Waals surface area contributed by atoms with Crippen molar-refractivity contribution in [3.05, 3.63) is 29.8 Å². The van der Waals surface area contributed by atoms with Crippen LogP contribution in [0.15, 0.2) is 24.3 Å². The first kappa shape index (κ1) is 12.7. The molecule has 98 valence electrons. The summed E-state index contributed by atoms with van der Waals surface area (Å²) in [5, 5.41) is 0. The highest BCUT2D eigenvalue weighted by Gasteiger charge is 2.19. The van der Waals surface area contributed by atoms with E-state index >= 15 is 0 Å². The molecule has 0 aromatic heterocycles. The van der Waals surface area contributed by atoms with Gasteiger partial charge in [-0.15, -0.1) is 0 Å². The third-order valence-electron chi connectivity index (χ3n) is 3.32. The Hall–Kier alpha value is -1.71. The van der Waals surface area contributed by atoms with Gasteiger partial charge in [-0.3, -0.25) is 0 Å². The second-order valence-corrected chi connectivity index (χ2v) is 4.93. The molecule has 1 fully saturated rings. The highest BCUT2D eigenvalue weighted by molar-refractivity contribution is 5.74. The van der Waals surface area contributed by atoms with Gasteiger partial charge < -0.3 is 15.5 Å². The number of amides is 2. The van der Waals surface area contributed by atoms with Crippen LogP contribution in [0, 0.1) is 0 Å². The van der Waals surface area contributed by atoms with E-state index in [4.69, 9.17) is 5.73 Å². The number of likely N-dealkylation sites (tertiary alicyclic amines) is 1. The van der Waals surface area contributed by atoms with Crippen LogP contribution in [0.3, 0.4) is 0 Å². The van der Waals surface area contributed by atoms with Gasteiger partial charge in [-0.1, -0.05) is 12.1 Å². The maximum absolute atomic E-state index is 12.2. The van der Waals surface area contributed by atoms with Crippen molar-refractivity contribution in [1.82, 2.24) is 9.80 Å². The van der Waals surface area contributed by atoms with Gasteiger partial charge in [0, 0.05) is 32.4 Å². The number of nitrogens with zero attached hydrogens (tertiary/aromatic N) is 2. The number of hydrogen-bond donors (Lipinski definition) is 1. The molecule has 4 nitrogen and oxygen atoms in total. The normalized spacial score (nSPS) is 15.5. The van der Waals surface area contributed by atoms with Crippen LogP contribution in [0.5, 0.6) is 0 Å². The molecule has 2 rings (SSSR count). The first-order chi connectivity index (χ1) is 8.66. The highest BCUT2D eigenvalue weighted by atomic mass is 16.2. The molecule has 4 heteroatoms. The fourth-order valence-electron chi connectivity index (χ4n) is 2.36. The Bertz CT molecular complexity index is 413. The van der Waals surface area contributed by atoms with Crippen LogP contribution in [-0.2, 0) is 6.54 Å². The molecule has 18 heavy (non-hydrogen) atoms. The number of carbonyl (C=O) groups is 1. The smallest absolute Gasteiger partial charge is 0.320 e. The van der Waals surface area contributed by atoms with Crippen LogP contribution in [-0.4, -0.2) is 36.0 Å². The number of benzene rings is 1. The van der Waals surface area contributed by atoms with E-state index in [1.165, 1.54) is 6.42 Å². The summed E-state index contributed by atoms with van der Waals surface area (Å²) in [6.45, 7) is 2.39. The van der Waals surface area contributed by atoms with Crippen molar-refractivity contribution in [2.75, 3.05) is 25.9 Å². The Balaban J connectivity index is 1.94. The van der Waals surface area contributed by atoms with Crippen LogP contribution in [0.4, 0.5) is 10.5 Å². The van der Waals surface area contributed by atoms with Crippen LogP contribution in [0.2, 0.25) is 0 Å². The van der Waals surface area contributed by atoms with Gasteiger partial charge in [-0.05, 0) is 37.0 Å². The number of nitrogens with two attached hydrogens (primary N) is 1. The zero-order chi connectivity index (χ0) is 13.0. The quantitative estimate of drug-likeness (QED) is 0.815. The molecule has 1 heterocycles. The van der Waals surface area contributed by atoms with Gasteiger partial charge in [0.25, 0.3) is 0 Å². The summed E-state index contributed by atoms with van der Waals surface area (Å²) in [6, 6.07) is 7.81. The van der Waals surface area contributed by atoms with Gasteiger partial charge in [0.1, 0.15) is 0 Å². The van der Waals surface area contributed by atoms with Crippen molar-refractivity contribution < 1.29 is 4.79 Å². The van der Waals surface area contributed by atoms with Crippen molar-refractivity contribution in [2.45, 2.75) is 25.8 Å². The summed E-state index contributed by atoms with van der Waals surface area (Å²) < 4.78 is 0. The molecular weight excluding hydrogens is 226 g/mol. The van der Waals surface area contributed by atoms with Crippen molar-refractivity contribution >= 4 is 11.7 Å². The summed E-state index contributed by atoms with van der Waals surface area (Å²) in [5.74, 6) is 0. The molecule has 0 radical (unpaired) electrons. The minimum atomic E-state index is 0.122. The van der Waals surface area contributed by atoms with E-state index in [-0.39, 0.29) is 6.03 Å². The number of hydrogen-bond acceptors (Lipinski definition) is 2. The molecule has 0 unspecified atom stereocenters. The fourth-order valence-corrected chi connectivity index (χ4v) is 2.36. The molecule has 2 N–H and O–H groups in total. The summed E-state index contributed by atoms with van der Waals surface area (Å²) >= 11 is 0. The van der Waals surface area contributed by atoms with Crippen molar-refractivity contribution in [1.29, 1.82) is 0 Å². The SMILES string of the molecule is CN(Cc1cccc(N)c1)C(=O)N1CCCCC1. The second-order valence-electron chi connectivity index (χ2n) is 4.93. The van der Waals surface area contributed by atoms with Crippen LogP contribution >= 0.6 is 0 Å². The van der Waals surface area contributed by atoms with E-state index < -0.39 is 0 Å². The Morgan fingerprint density at radius 3 is 2.72 bits per heavy atom. The predicted molar refractivity (Wildman–Crippen MR) is 73.1 cm³/mol. The maximum atomic E-state index is 12.2. The van der Waals surface area contributed by atoms with Gasteiger partial charge >= 0.3 is 6.03 Å². The molecule has 0 atom stereocenters. The van der Waals surface area contributed by atoms with Crippen LogP contribution in [0.25, 0.3) is 0 Å². The Morgan fingerprint density at radius 1 is 1.33 bits per heavy atom. The van der Waals surface area contributed by atoms with Crippen molar-refractivity contribution in [3.8, 4) is 0 Å². The summed E-state index contributed by atoms with van der Waals surface area (Å²) in [7, 11) is 1.85. The van der Waals surface area contributed by atoms with E-state index in [1.807, 2.05) is 36.2 Å². The van der Waals surface area contributed by atoms with Crippen molar-refractivity contribution in [3.63, 3.8) is 0 Å². The summed E-state index contributed by atoms with van der Waals surface area (Å²) in [6.07, 6.45) is 3.48. The first-order valence-electron chi connectivity index (χ1n) is 6.51. The molecule has 0 saturated carbocycles. The first-order valence-corrected chi connectivity index (χ1v) is 6.51. The zero-order valence-electron chi connectivity index (χ0n) is 10.9. The van der Waals surface area contributed by atoms with Gasteiger partial charge in [0.05, 0.1) is 0 Å². The Kier molecular flexibility index (Phi) is 4.07. The van der Waals surface area contributed by atoms with Crippen LogP contribution < -0.4 is 5.73 Å². The van der Waals surface area contributed by atoms with Gasteiger partial charge in [-0.2, -0.15) is 0 Å². The average molecular weight is 247 g/mol. The second kappa shape index (κ2) is 5.76. The van der Waals surface area contributed by atoms with E-state index in [9.17, 15) is 4.79 Å². The molecular formula is C14H21N3O. The average Bonchev–Trinajstić information content (AvgIpc) is 2.39. The van der Waals surface area contributed by atoms with E-state index in [0.29, 0.717) is 6.54 Å². The van der Waals surface area contributed by atoms with Gasteiger partial charge in [0.2, 0.25) is 0 Å². The molecule has 1 aromatic rings. The minimum Gasteiger partial charge on any atom is -0.399 e. The summed E-state index contributed by atoms with van der Waals surface area (Å²) in [4.78, 5) is 15.9. The number of urea groups is 1. The molecule has 1 saturated heterocycles. The number of carbonyl (C=O) groups excluding carboxylic acids is 1. The lowest BCUT2D eigenvalue weighted by atomic mass is 10.1. The van der Waals surface area contributed by atoms with Gasteiger partial charge in [0.15, 0.2) is 0 Å². The highest BCUT2D eigenvalue weighted by Crippen LogP contribution is 2.13. The monoisotopic (exact) mass is 247 g/mol. The molecule has 2 amide bonds. The molecule has 0 bridgehead atoms. The third kappa shape index (κ3) is 3.15. The van der Waals surface area contributed by atoms with E-state index in [1.54, 1.807) is 4.90 Å². The third-order valence-corrected chi connectivity index (χ3v) is 3.32. The number of rotatable bonds is 2. The fraction of sp³-hybridized carbons (Fsp3) is 0.500. The Labute approximate surface area is 108 Å². The Morgan fingerprint density at radius 2 is 2.06 bits per heavy atom. The lowest BCUT2D eigenvalue weighted by Gasteiger charge is -2.31. The van der Waals surface area contributed by atoms with E-state index in [0.717, 1.165) is 37.2 Å². The lowest BCUT2D eigenvalue weighted by Crippen LogP contribution is -2.43. The van der Waals surface area contributed by atoms with Crippen molar-refractivity contribution in [2.24, 2.45) is 0 Å². The standard InChI is InChI=1S/C14H21N3O/c1-16(11-12-6-5-7-13(15)10-12)14(18)17-8-3-2-4-9-17/h5-7,10H,2-4,8-9,11,15H2,1H3. The molecule has 0 aliphatic carbocycles. The van der Waals surface area contributed by atoms with E-state index in [2.05, 4.69) is 0 Å².